The fourth-order valence-corrected chi connectivity index (χ4v) is 3.70. The van der Waals surface area contributed by atoms with Crippen LogP contribution in [0.15, 0.2) is 30.3 Å². The maximum atomic E-state index is 10.6. The molecule has 0 aromatic heterocycles. The number of hydrogen-bond donors (Lipinski definition) is 2. The Balaban J connectivity index is 1.95. The van der Waals surface area contributed by atoms with Crippen molar-refractivity contribution in [3.05, 3.63) is 52.6 Å². The molecule has 2 aromatic rings. The van der Waals surface area contributed by atoms with Crippen molar-refractivity contribution in [2.45, 2.75) is 25.7 Å². The molecule has 27 heavy (non-hydrogen) atoms. The second-order valence-corrected chi connectivity index (χ2v) is 6.53. The summed E-state index contributed by atoms with van der Waals surface area (Å²) in [6.45, 7) is 3.26. The van der Waals surface area contributed by atoms with Gasteiger partial charge in [-0.15, -0.1) is 0 Å². The van der Waals surface area contributed by atoms with E-state index < -0.39 is 6.10 Å². The topological polar surface area (TPSA) is 69.2 Å². The number of aliphatic hydroxyl groups excluding tert-OH is 1. The van der Waals surface area contributed by atoms with Gasteiger partial charge >= 0.3 is 0 Å². The van der Waals surface area contributed by atoms with Crippen LogP contribution in [0.1, 0.15) is 34.4 Å². The lowest BCUT2D eigenvalue weighted by atomic mass is 9.88. The van der Waals surface area contributed by atoms with Gasteiger partial charge in [0.25, 0.3) is 0 Å². The number of β-amino-alcohol motifs (C(OH)–C–C–N with tert-alkyl or cyclic N) is 1. The molecule has 2 atom stereocenters. The lowest BCUT2D eigenvalue weighted by Crippen LogP contribution is -2.36. The molecule has 2 N–H and O–H groups in total. The van der Waals surface area contributed by atoms with Gasteiger partial charge in [-0.1, -0.05) is 30.3 Å². The Hall–Kier alpha value is -2.28. The van der Waals surface area contributed by atoms with E-state index in [1.54, 1.807) is 21.3 Å². The highest BCUT2D eigenvalue weighted by Crippen LogP contribution is 2.49. The second-order valence-electron chi connectivity index (χ2n) is 6.53. The highest BCUT2D eigenvalue weighted by atomic mass is 16.5. The molecule has 0 radical (unpaired) electrons. The molecule has 1 heterocycles. The fraction of sp³-hybridized carbons (Fsp3) is 0.429. The maximum Gasteiger partial charge on any atom is 0.167 e. The molecule has 0 spiro atoms. The van der Waals surface area contributed by atoms with Gasteiger partial charge in [-0.05, 0) is 12.5 Å². The SMILES string of the molecule is COc1c(C)c(OC)c2c(c1OC)[C@H](COCc1ccccc1)NC[C@@H]2O. The average Bonchev–Trinajstić information content (AvgIpc) is 2.69. The van der Waals surface area contributed by atoms with Gasteiger partial charge in [0.05, 0.1) is 46.7 Å². The Kier molecular flexibility index (Phi) is 6.21. The molecule has 6 nitrogen and oxygen atoms in total. The van der Waals surface area contributed by atoms with Crippen molar-refractivity contribution < 1.29 is 24.1 Å². The van der Waals surface area contributed by atoms with Crippen LogP contribution in [0.25, 0.3) is 0 Å². The van der Waals surface area contributed by atoms with Crippen LogP contribution in [-0.2, 0) is 11.3 Å². The van der Waals surface area contributed by atoms with E-state index in [0.29, 0.717) is 37.0 Å². The normalized spacial score (nSPS) is 18.7. The van der Waals surface area contributed by atoms with Gasteiger partial charge < -0.3 is 29.4 Å². The smallest absolute Gasteiger partial charge is 0.167 e. The van der Waals surface area contributed by atoms with Crippen molar-refractivity contribution in [2.24, 2.45) is 0 Å². The molecule has 0 aliphatic carbocycles. The highest BCUT2D eigenvalue weighted by molar-refractivity contribution is 5.65. The van der Waals surface area contributed by atoms with Gasteiger partial charge in [0.15, 0.2) is 11.5 Å². The first kappa shape index (κ1) is 19.5. The van der Waals surface area contributed by atoms with Crippen LogP contribution in [0.2, 0.25) is 0 Å². The summed E-state index contributed by atoms with van der Waals surface area (Å²) in [7, 11) is 4.81. The molecule has 1 aliphatic heterocycles. The summed E-state index contributed by atoms with van der Waals surface area (Å²) < 4.78 is 22.8. The molecule has 6 heteroatoms. The molecule has 146 valence electrons. The van der Waals surface area contributed by atoms with Crippen molar-refractivity contribution in [3.63, 3.8) is 0 Å². The van der Waals surface area contributed by atoms with Gasteiger partial charge in [0, 0.05) is 23.2 Å². The molecule has 0 unspecified atom stereocenters. The molecule has 1 aliphatic rings. The van der Waals surface area contributed by atoms with E-state index >= 15 is 0 Å². The van der Waals surface area contributed by atoms with E-state index in [0.717, 1.165) is 22.3 Å². The van der Waals surface area contributed by atoms with Crippen LogP contribution in [0.3, 0.4) is 0 Å². The lowest BCUT2D eigenvalue weighted by molar-refractivity contribution is 0.0801. The minimum absolute atomic E-state index is 0.148. The Morgan fingerprint density at radius 3 is 2.26 bits per heavy atom. The number of methoxy groups -OCH3 is 3. The first-order valence-corrected chi connectivity index (χ1v) is 8.97. The molecule has 0 bridgehead atoms. The number of fused-ring (bicyclic) bond motifs is 1. The van der Waals surface area contributed by atoms with Crippen LogP contribution in [0, 0.1) is 6.92 Å². The Morgan fingerprint density at radius 1 is 0.963 bits per heavy atom. The van der Waals surface area contributed by atoms with E-state index in [1.807, 2.05) is 37.3 Å². The van der Waals surface area contributed by atoms with Crippen molar-refractivity contribution in [1.29, 1.82) is 0 Å². The van der Waals surface area contributed by atoms with Crippen LogP contribution in [0.4, 0.5) is 0 Å². The molecule has 0 amide bonds. The third-order valence-electron chi connectivity index (χ3n) is 4.91. The second kappa shape index (κ2) is 8.61. The van der Waals surface area contributed by atoms with Crippen LogP contribution >= 0.6 is 0 Å². The zero-order valence-electron chi connectivity index (χ0n) is 16.2. The summed E-state index contributed by atoms with van der Waals surface area (Å²) in [5.74, 6) is 1.84. The maximum absolute atomic E-state index is 10.6. The Morgan fingerprint density at radius 2 is 1.63 bits per heavy atom. The quantitative estimate of drug-likeness (QED) is 0.778. The minimum Gasteiger partial charge on any atom is -0.496 e. The average molecular weight is 373 g/mol. The molecule has 2 aromatic carbocycles. The van der Waals surface area contributed by atoms with E-state index in [-0.39, 0.29) is 6.04 Å². The molecule has 0 saturated carbocycles. The summed E-state index contributed by atoms with van der Waals surface area (Å²) in [6, 6.07) is 9.88. The predicted octanol–water partition coefficient (Wildman–Crippen LogP) is 2.92. The lowest BCUT2D eigenvalue weighted by Gasteiger charge is -2.34. The number of rotatable bonds is 7. The standard InChI is InChI=1S/C21H27NO5/c1-13-19(24-2)18-16(23)10-22-15(17(18)21(26-4)20(13)25-3)12-27-11-14-8-6-5-7-9-14/h5-9,15-16,22-23H,10-12H2,1-4H3/t15-,16-/m0/s1. The summed E-state index contributed by atoms with van der Waals surface area (Å²) in [4.78, 5) is 0. The fourth-order valence-electron chi connectivity index (χ4n) is 3.70. The zero-order chi connectivity index (χ0) is 19.4. The first-order valence-electron chi connectivity index (χ1n) is 8.97. The van der Waals surface area contributed by atoms with Crippen LogP contribution in [-0.4, -0.2) is 39.6 Å². The predicted molar refractivity (Wildman–Crippen MR) is 103 cm³/mol. The number of hydrogen-bond acceptors (Lipinski definition) is 6. The zero-order valence-corrected chi connectivity index (χ0v) is 16.2. The van der Waals surface area contributed by atoms with E-state index in [1.165, 1.54) is 0 Å². The van der Waals surface area contributed by atoms with Gasteiger partial charge in [-0.3, -0.25) is 0 Å². The highest BCUT2D eigenvalue weighted by Gasteiger charge is 2.35. The van der Waals surface area contributed by atoms with Crippen LogP contribution < -0.4 is 19.5 Å². The molecular weight excluding hydrogens is 346 g/mol. The van der Waals surface area contributed by atoms with E-state index in [2.05, 4.69) is 5.32 Å². The largest absolute Gasteiger partial charge is 0.496 e. The van der Waals surface area contributed by atoms with Crippen LogP contribution in [0.5, 0.6) is 17.2 Å². The van der Waals surface area contributed by atoms with Crippen molar-refractivity contribution in [3.8, 4) is 17.2 Å². The molecule has 0 saturated heterocycles. The van der Waals surface area contributed by atoms with Gasteiger partial charge in [0.2, 0.25) is 0 Å². The van der Waals surface area contributed by atoms with E-state index in [9.17, 15) is 5.11 Å². The summed E-state index contributed by atoms with van der Waals surface area (Å²) in [5, 5.41) is 14.0. The Labute approximate surface area is 160 Å². The summed E-state index contributed by atoms with van der Waals surface area (Å²) in [6.07, 6.45) is -0.696. The number of aliphatic hydroxyl groups is 1. The van der Waals surface area contributed by atoms with E-state index in [4.69, 9.17) is 18.9 Å². The molecule has 3 rings (SSSR count). The number of benzene rings is 2. The third-order valence-corrected chi connectivity index (χ3v) is 4.91. The van der Waals surface area contributed by atoms with Gasteiger partial charge in [-0.2, -0.15) is 0 Å². The minimum atomic E-state index is -0.696. The van der Waals surface area contributed by atoms with Crippen molar-refractivity contribution >= 4 is 0 Å². The van der Waals surface area contributed by atoms with Gasteiger partial charge in [0.1, 0.15) is 5.75 Å². The molecular formula is C21H27NO5. The number of nitrogens with one attached hydrogen (secondary N) is 1. The molecule has 0 fully saturated rings. The number of ether oxygens (including phenoxy) is 4. The van der Waals surface area contributed by atoms with Crippen molar-refractivity contribution in [2.75, 3.05) is 34.5 Å². The van der Waals surface area contributed by atoms with Crippen molar-refractivity contribution in [1.82, 2.24) is 5.32 Å². The Bertz CT molecular complexity index is 778. The monoisotopic (exact) mass is 373 g/mol. The first-order chi connectivity index (χ1) is 13.1. The summed E-state index contributed by atoms with van der Waals surface area (Å²) >= 11 is 0. The third kappa shape index (κ3) is 3.74. The van der Waals surface area contributed by atoms with Gasteiger partial charge in [-0.25, -0.2) is 0 Å². The summed E-state index contributed by atoms with van der Waals surface area (Å²) in [5.41, 5.74) is 3.48.